The highest BCUT2D eigenvalue weighted by Gasteiger charge is 2.19. The molecule has 0 spiro atoms. The fraction of sp³-hybridized carbons (Fsp3) is 0.364. The van der Waals surface area contributed by atoms with Crippen molar-refractivity contribution in [2.24, 2.45) is 0 Å². The van der Waals surface area contributed by atoms with Gasteiger partial charge in [-0.15, -0.1) is 0 Å². The van der Waals surface area contributed by atoms with Gasteiger partial charge in [0.15, 0.2) is 0 Å². The second kappa shape index (κ2) is 9.18. The Hall–Kier alpha value is -2.62. The topological polar surface area (TPSA) is 49.4 Å². The van der Waals surface area contributed by atoms with Gasteiger partial charge in [0.25, 0.3) is 0 Å². The van der Waals surface area contributed by atoms with Crippen LogP contribution < -0.4 is 5.32 Å². The van der Waals surface area contributed by atoms with Crippen LogP contribution in [0.15, 0.2) is 54.6 Å². The van der Waals surface area contributed by atoms with Crippen molar-refractivity contribution in [2.45, 2.75) is 46.1 Å². The van der Waals surface area contributed by atoms with Crippen LogP contribution in [0.25, 0.3) is 0 Å². The molecule has 26 heavy (non-hydrogen) atoms. The summed E-state index contributed by atoms with van der Waals surface area (Å²) in [4.78, 5) is 26.0. The van der Waals surface area contributed by atoms with E-state index in [9.17, 15) is 9.59 Å². The van der Waals surface area contributed by atoms with Crippen LogP contribution >= 0.6 is 0 Å². The predicted octanol–water partition coefficient (Wildman–Crippen LogP) is 4.75. The molecule has 2 aromatic carbocycles. The first-order valence-electron chi connectivity index (χ1n) is 9.10. The van der Waals surface area contributed by atoms with Crippen LogP contribution in [0.4, 0.5) is 5.69 Å². The van der Waals surface area contributed by atoms with Gasteiger partial charge in [0.2, 0.25) is 11.8 Å². The Bertz CT molecular complexity index is 724. The molecule has 0 bridgehead atoms. The second-order valence-electron chi connectivity index (χ2n) is 6.87. The summed E-state index contributed by atoms with van der Waals surface area (Å²) in [6.45, 7) is 8.19. The van der Waals surface area contributed by atoms with E-state index in [0.717, 1.165) is 11.3 Å². The van der Waals surface area contributed by atoms with Crippen molar-refractivity contribution in [1.82, 2.24) is 4.90 Å². The maximum absolute atomic E-state index is 12.3. The SMILES string of the molecule is CC(=O)N(CCC(=O)Nc1ccc(C(C)C)cc1)C(C)c1ccccc1. The number of carbonyl (C=O) groups excluding carboxylic acids is 2. The van der Waals surface area contributed by atoms with Gasteiger partial charge in [-0.1, -0.05) is 56.3 Å². The summed E-state index contributed by atoms with van der Waals surface area (Å²) < 4.78 is 0. The van der Waals surface area contributed by atoms with Crippen LogP contribution in [0.3, 0.4) is 0 Å². The van der Waals surface area contributed by atoms with Crippen molar-refractivity contribution in [2.75, 3.05) is 11.9 Å². The number of nitrogens with one attached hydrogen (secondary N) is 1. The molecule has 0 fully saturated rings. The van der Waals surface area contributed by atoms with E-state index in [1.54, 1.807) is 11.8 Å². The van der Waals surface area contributed by atoms with Gasteiger partial charge in [-0.05, 0) is 36.1 Å². The van der Waals surface area contributed by atoms with Crippen LogP contribution in [0, 0.1) is 0 Å². The Morgan fingerprint density at radius 3 is 2.08 bits per heavy atom. The minimum atomic E-state index is -0.0891. The molecule has 1 unspecified atom stereocenters. The van der Waals surface area contributed by atoms with Crippen molar-refractivity contribution in [3.63, 3.8) is 0 Å². The molecule has 0 aliphatic rings. The normalized spacial score (nSPS) is 11.9. The molecule has 138 valence electrons. The van der Waals surface area contributed by atoms with Gasteiger partial charge in [0.1, 0.15) is 0 Å². The number of anilines is 1. The first-order valence-corrected chi connectivity index (χ1v) is 9.10. The van der Waals surface area contributed by atoms with Crippen LogP contribution in [0.5, 0.6) is 0 Å². The molecule has 0 aliphatic heterocycles. The van der Waals surface area contributed by atoms with Crippen molar-refractivity contribution >= 4 is 17.5 Å². The van der Waals surface area contributed by atoms with E-state index in [1.165, 1.54) is 5.56 Å². The molecule has 0 heterocycles. The Kier molecular flexibility index (Phi) is 6.96. The Morgan fingerprint density at radius 1 is 0.923 bits per heavy atom. The highest BCUT2D eigenvalue weighted by Crippen LogP contribution is 2.21. The number of amides is 2. The lowest BCUT2D eigenvalue weighted by molar-refractivity contribution is -0.131. The fourth-order valence-electron chi connectivity index (χ4n) is 2.93. The van der Waals surface area contributed by atoms with Crippen molar-refractivity contribution in [3.05, 3.63) is 65.7 Å². The van der Waals surface area contributed by atoms with E-state index in [-0.39, 0.29) is 24.3 Å². The van der Waals surface area contributed by atoms with E-state index in [2.05, 4.69) is 19.2 Å². The number of hydrogen-bond donors (Lipinski definition) is 1. The molecule has 2 rings (SSSR count). The molecular formula is C22H28N2O2. The van der Waals surface area contributed by atoms with Crippen molar-refractivity contribution in [3.8, 4) is 0 Å². The summed E-state index contributed by atoms with van der Waals surface area (Å²) >= 11 is 0. The van der Waals surface area contributed by atoms with Crippen LogP contribution in [0.1, 0.15) is 57.2 Å². The van der Waals surface area contributed by atoms with Crippen LogP contribution in [-0.4, -0.2) is 23.3 Å². The smallest absolute Gasteiger partial charge is 0.226 e. The minimum absolute atomic E-state index is 0.0320. The predicted molar refractivity (Wildman–Crippen MR) is 106 cm³/mol. The summed E-state index contributed by atoms with van der Waals surface area (Å²) in [5, 5.41) is 2.90. The van der Waals surface area contributed by atoms with Crippen LogP contribution in [0.2, 0.25) is 0 Å². The molecule has 0 saturated carbocycles. The lowest BCUT2D eigenvalue weighted by Gasteiger charge is -2.28. The maximum Gasteiger partial charge on any atom is 0.226 e. The first-order chi connectivity index (χ1) is 12.4. The van der Waals surface area contributed by atoms with Gasteiger partial charge >= 0.3 is 0 Å². The number of carbonyl (C=O) groups is 2. The van der Waals surface area contributed by atoms with Gasteiger partial charge in [-0.2, -0.15) is 0 Å². The van der Waals surface area contributed by atoms with Gasteiger partial charge in [-0.3, -0.25) is 9.59 Å². The molecule has 2 amide bonds. The highest BCUT2D eigenvalue weighted by atomic mass is 16.2. The van der Waals surface area contributed by atoms with E-state index >= 15 is 0 Å². The molecule has 2 aromatic rings. The molecule has 0 saturated heterocycles. The highest BCUT2D eigenvalue weighted by molar-refractivity contribution is 5.91. The summed E-state index contributed by atoms with van der Waals surface area (Å²) in [7, 11) is 0. The van der Waals surface area contributed by atoms with E-state index in [1.807, 2.05) is 61.5 Å². The van der Waals surface area contributed by atoms with Crippen LogP contribution in [-0.2, 0) is 9.59 Å². The maximum atomic E-state index is 12.3. The van der Waals surface area contributed by atoms with Gasteiger partial charge in [0, 0.05) is 25.6 Å². The molecular weight excluding hydrogens is 324 g/mol. The summed E-state index contributed by atoms with van der Waals surface area (Å²) in [5.74, 6) is 0.340. The van der Waals surface area contributed by atoms with Gasteiger partial charge < -0.3 is 10.2 Å². The molecule has 0 aromatic heterocycles. The average Bonchev–Trinajstić information content (AvgIpc) is 2.62. The van der Waals surface area contributed by atoms with Crippen molar-refractivity contribution < 1.29 is 9.59 Å². The fourth-order valence-corrected chi connectivity index (χ4v) is 2.93. The van der Waals surface area contributed by atoms with Gasteiger partial charge in [0.05, 0.1) is 6.04 Å². The molecule has 0 radical (unpaired) electrons. The largest absolute Gasteiger partial charge is 0.336 e. The zero-order valence-corrected chi connectivity index (χ0v) is 16.0. The quantitative estimate of drug-likeness (QED) is 0.782. The molecule has 1 atom stereocenters. The molecule has 4 heteroatoms. The molecule has 0 aliphatic carbocycles. The summed E-state index contributed by atoms with van der Waals surface area (Å²) in [6.07, 6.45) is 0.267. The third-order valence-corrected chi connectivity index (χ3v) is 4.59. The van der Waals surface area contributed by atoms with E-state index < -0.39 is 0 Å². The number of hydrogen-bond acceptors (Lipinski definition) is 2. The van der Waals surface area contributed by atoms with Gasteiger partial charge in [-0.25, -0.2) is 0 Å². The average molecular weight is 352 g/mol. The van der Waals surface area contributed by atoms with E-state index in [0.29, 0.717) is 12.5 Å². The van der Waals surface area contributed by atoms with E-state index in [4.69, 9.17) is 0 Å². The lowest BCUT2D eigenvalue weighted by atomic mass is 10.0. The summed E-state index contributed by atoms with van der Waals surface area (Å²) in [6, 6.07) is 17.7. The lowest BCUT2D eigenvalue weighted by Crippen LogP contribution is -2.34. The third-order valence-electron chi connectivity index (χ3n) is 4.59. The number of benzene rings is 2. The van der Waals surface area contributed by atoms with Crippen molar-refractivity contribution in [1.29, 1.82) is 0 Å². The Labute approximate surface area is 156 Å². The zero-order chi connectivity index (χ0) is 19.1. The second-order valence-corrected chi connectivity index (χ2v) is 6.87. The summed E-state index contributed by atoms with van der Waals surface area (Å²) in [5.41, 5.74) is 3.08. The minimum Gasteiger partial charge on any atom is -0.336 e. The Balaban J connectivity index is 1.94. The number of rotatable bonds is 7. The molecule has 1 N–H and O–H groups in total. The molecule has 4 nitrogen and oxygen atoms in total. The third kappa shape index (κ3) is 5.45. The number of nitrogens with zero attached hydrogens (tertiary/aromatic N) is 1. The first kappa shape index (κ1) is 19.7. The Morgan fingerprint density at radius 2 is 1.54 bits per heavy atom. The standard InChI is InChI=1S/C22H28N2O2/c1-16(2)19-10-12-21(13-11-19)23-22(26)14-15-24(18(4)25)17(3)20-8-6-5-7-9-20/h5-13,16-17H,14-15H2,1-4H3,(H,23,26). The zero-order valence-electron chi connectivity index (χ0n) is 16.0. The monoisotopic (exact) mass is 352 g/mol.